The number of aryl methyl sites for hydroxylation is 10. The summed E-state index contributed by atoms with van der Waals surface area (Å²) in [7, 11) is 5.67. The molecule has 2 N–H and O–H groups in total. The van der Waals surface area contributed by atoms with Gasteiger partial charge in [0.05, 0.1) is 27.4 Å². The van der Waals surface area contributed by atoms with Gasteiger partial charge < -0.3 is 43.5 Å². The molecule has 10 rings (SSSR count). The number of ether oxygens (including phenoxy) is 6. The molecule has 0 atom stereocenters. The Morgan fingerprint density at radius 1 is 0.419 bits per heavy atom. The minimum atomic E-state index is -0.778. The van der Waals surface area contributed by atoms with Crippen LogP contribution >= 0.6 is 0 Å². The molecular formula is C113H178N2O9. The van der Waals surface area contributed by atoms with E-state index in [-0.39, 0.29) is 27.8 Å². The van der Waals surface area contributed by atoms with Crippen molar-refractivity contribution in [1.82, 2.24) is 9.80 Å². The number of aromatic hydroxyl groups is 2. The number of rotatable bonds is 39. The molecule has 1 spiro atoms. The number of carbonyl (C=O) groups excluding carboxylic acids is 1. The van der Waals surface area contributed by atoms with Gasteiger partial charge in [-0.25, -0.2) is 0 Å². The molecule has 694 valence electrons. The number of hydrogen-bond acceptors (Lipinski definition) is 10. The summed E-state index contributed by atoms with van der Waals surface area (Å²) in [6.45, 7) is 58.8. The third-order valence-corrected chi connectivity index (χ3v) is 27.6. The molecule has 0 radical (unpaired) electrons. The number of piperidine rings is 2. The summed E-state index contributed by atoms with van der Waals surface area (Å²) in [6, 6.07) is 29.6. The summed E-state index contributed by atoms with van der Waals surface area (Å²) in [4.78, 5) is 17.2. The second-order valence-electron chi connectivity index (χ2n) is 41.5. The third-order valence-electron chi connectivity index (χ3n) is 27.6. The van der Waals surface area contributed by atoms with E-state index in [1.165, 1.54) is 204 Å². The van der Waals surface area contributed by atoms with Crippen molar-refractivity contribution in [3.8, 4) is 46.0 Å². The molecule has 0 unspecified atom stereocenters. The number of phenolic OH excluding ortho intramolecular Hbond substituents is 2. The predicted molar refractivity (Wildman–Crippen MR) is 527 cm³/mol. The molecular weight excluding hydrogens is 1530 g/mol. The van der Waals surface area contributed by atoms with E-state index in [1.54, 1.807) is 53.2 Å². The Morgan fingerprint density at radius 3 is 1.05 bits per heavy atom. The number of nitrogens with zero attached hydrogens (tertiary/aromatic N) is 2. The molecule has 2 fully saturated rings. The predicted octanol–water partition coefficient (Wildman–Crippen LogP) is 30.6. The fraction of sp³-hybridized carbons (Fsp3) is 0.655. The Hall–Kier alpha value is -7.11. The summed E-state index contributed by atoms with van der Waals surface area (Å²) in [5.74, 6) is 6.68. The van der Waals surface area contributed by atoms with Crippen LogP contribution in [0.25, 0.3) is 0 Å². The van der Waals surface area contributed by atoms with Crippen LogP contribution in [-0.4, -0.2) is 88.3 Å². The van der Waals surface area contributed by atoms with E-state index in [2.05, 4.69) is 186 Å². The van der Waals surface area contributed by atoms with Crippen molar-refractivity contribution in [1.29, 1.82) is 0 Å². The monoisotopic (exact) mass is 1710 g/mol. The van der Waals surface area contributed by atoms with Gasteiger partial charge in [-0.2, -0.15) is 0 Å². The number of carbonyl (C=O) groups is 1. The molecule has 1 amide bonds. The van der Waals surface area contributed by atoms with Gasteiger partial charge in [-0.15, -0.1) is 0 Å². The molecule has 0 bridgehead atoms. The highest BCUT2D eigenvalue weighted by Gasteiger charge is 2.54. The first-order chi connectivity index (χ1) is 58.6. The zero-order valence-electron chi connectivity index (χ0n) is 84.0. The maximum atomic E-state index is 12.6. The van der Waals surface area contributed by atoms with Crippen LogP contribution in [0.3, 0.4) is 0 Å². The quantitative estimate of drug-likeness (QED) is 0.0285. The van der Waals surface area contributed by atoms with Gasteiger partial charge in [0, 0.05) is 57.0 Å². The van der Waals surface area contributed by atoms with Gasteiger partial charge in [0.15, 0.2) is 0 Å². The van der Waals surface area contributed by atoms with Crippen molar-refractivity contribution in [2.24, 2.45) is 11.8 Å². The van der Waals surface area contributed by atoms with Gasteiger partial charge in [-0.3, -0.25) is 9.69 Å². The maximum absolute atomic E-state index is 12.6. The summed E-state index contributed by atoms with van der Waals surface area (Å²) in [5, 5.41) is 20.3. The van der Waals surface area contributed by atoms with Crippen LogP contribution in [0.4, 0.5) is 0 Å². The zero-order valence-corrected chi connectivity index (χ0v) is 84.0. The molecule has 11 heteroatoms. The van der Waals surface area contributed by atoms with Gasteiger partial charge in [-0.1, -0.05) is 190 Å². The highest BCUT2D eigenvalue weighted by molar-refractivity contribution is 5.88. The number of amides is 1. The number of fused-ring (bicyclic) bond motifs is 2. The molecule has 2 saturated heterocycles. The van der Waals surface area contributed by atoms with Crippen molar-refractivity contribution in [3.63, 3.8) is 0 Å². The van der Waals surface area contributed by atoms with Crippen molar-refractivity contribution in [2.45, 2.75) is 436 Å². The van der Waals surface area contributed by atoms with Gasteiger partial charge in [0.25, 0.3) is 5.79 Å². The van der Waals surface area contributed by atoms with Crippen LogP contribution in [0.5, 0.6) is 46.0 Å². The van der Waals surface area contributed by atoms with E-state index in [0.717, 1.165) is 113 Å². The molecule has 6 aromatic carbocycles. The normalized spacial score (nSPS) is 16.8. The van der Waals surface area contributed by atoms with Crippen molar-refractivity contribution in [2.75, 3.05) is 34.5 Å². The van der Waals surface area contributed by atoms with Crippen molar-refractivity contribution in [3.05, 3.63) is 175 Å². The molecule has 4 heterocycles. The summed E-state index contributed by atoms with van der Waals surface area (Å²) in [5.41, 5.74) is 18.4. The average molecular weight is 1710 g/mol. The Kier molecular flexibility index (Phi) is 42.6. The summed E-state index contributed by atoms with van der Waals surface area (Å²) in [6.07, 6.45) is 46.1. The number of likely N-dealkylation sites (tertiary alicyclic amines) is 2. The standard InChI is InChI=1S/C30H49NO.C28H49N.C23H28O4.C22H38O2.C10H14O2/c1-9-12-17-26-19-24(20-27(23(26)4)18-13-10-2)15-14-16-25-21-29(5,6)31(28(32)11-3)30(7,8)22-25;1-9-11-16-25-18-23(19-26(22(25)3)17-12-10-2)14-13-15-24-20-27(4,5)29(8)28(6,7)21-24;1-13-7-19-15(9-17(13)24)21(3,4)11-23(26-19)12-22(5,6)16-10-18(25)14(2)8-20(16)27-23;1-3-5-7-9-11-13-19-23-21-15-17-22(18-16-21)24-20-14-12-10-8-6-4-2;1-7-5-10(12-4)8(2)6-9(7)11-3/h11,19-20,25H,3,9-10,12-18,21-22H2,1-2,4-8H3;18-19,24H,9-17,20-21H2,1-8H3;7-10,24-25H,11-12H2,1-6H3;15-18H,3-14,19-20H2,1-2H3;5-6H,1-4H3. The molecule has 124 heavy (non-hydrogen) atoms. The second-order valence-corrected chi connectivity index (χ2v) is 41.5. The Balaban J connectivity index is 0.000000245. The first-order valence-corrected chi connectivity index (χ1v) is 49.2. The van der Waals surface area contributed by atoms with Crippen molar-refractivity contribution < 1.29 is 43.4 Å². The topological polar surface area (TPSA) is 119 Å². The number of benzene rings is 6. The first-order valence-electron chi connectivity index (χ1n) is 49.2. The molecule has 4 aliphatic rings. The van der Waals surface area contributed by atoms with E-state index in [4.69, 9.17) is 28.4 Å². The third kappa shape index (κ3) is 31.7. The van der Waals surface area contributed by atoms with Crippen LogP contribution in [0.1, 0.15) is 395 Å². The van der Waals surface area contributed by atoms with Crippen LogP contribution in [0, 0.1) is 53.4 Å². The molecule has 4 aliphatic heterocycles. The van der Waals surface area contributed by atoms with E-state index < -0.39 is 5.79 Å². The molecule has 11 nitrogen and oxygen atoms in total. The van der Waals surface area contributed by atoms with Gasteiger partial charge in [-0.05, 0) is 378 Å². The summed E-state index contributed by atoms with van der Waals surface area (Å²) >= 11 is 0. The highest BCUT2D eigenvalue weighted by atomic mass is 16.7. The van der Waals surface area contributed by atoms with Gasteiger partial charge in [0.1, 0.15) is 46.0 Å². The van der Waals surface area contributed by atoms with E-state index in [0.29, 0.717) is 41.3 Å². The lowest BCUT2D eigenvalue weighted by molar-refractivity contribution is -0.166. The van der Waals surface area contributed by atoms with E-state index >= 15 is 0 Å². The fourth-order valence-corrected chi connectivity index (χ4v) is 20.7. The van der Waals surface area contributed by atoms with E-state index in [9.17, 15) is 15.0 Å². The Bertz CT molecular complexity index is 3970. The molecule has 0 aromatic heterocycles. The largest absolute Gasteiger partial charge is 0.508 e. The fourth-order valence-electron chi connectivity index (χ4n) is 20.7. The van der Waals surface area contributed by atoms with E-state index in [1.807, 2.05) is 88.4 Å². The smallest absolute Gasteiger partial charge is 0.252 e. The Morgan fingerprint density at radius 2 is 0.734 bits per heavy atom. The Labute approximate surface area is 758 Å². The zero-order chi connectivity index (χ0) is 91.8. The van der Waals surface area contributed by atoms with Crippen molar-refractivity contribution >= 4 is 5.91 Å². The number of phenols is 2. The SMILES string of the molecule is C=CC(=O)N1C(C)(C)CC(CCCc2cc(CCCC)c(C)c(CCCC)c2)CC1(C)C.CCCCCCCCOc1ccc(OCCCCCCCC)cc1.CCCCc1cc(CCCC2CC(C)(C)N(C)C(C)(C)C2)cc(CCCC)c1C.COc1cc(C)c(OC)cc1C.Cc1cc2c(cc1O)C(C)(C)CC1(CC(C)(C)c3cc(O)c(C)cc3O1)O2. The molecule has 0 saturated carbocycles. The van der Waals surface area contributed by atoms with Crippen LogP contribution in [-0.2, 0) is 54.1 Å². The van der Waals surface area contributed by atoms with Crippen LogP contribution in [0.15, 0.2) is 97.6 Å². The average Bonchev–Trinajstić information content (AvgIpc) is 0.719. The molecule has 0 aliphatic carbocycles. The lowest BCUT2D eigenvalue weighted by Gasteiger charge is -2.55. The number of hydrogen-bond donors (Lipinski definition) is 2. The highest BCUT2D eigenvalue weighted by Crippen LogP contribution is 2.56. The first kappa shape index (κ1) is 106. The summed E-state index contributed by atoms with van der Waals surface area (Å²) < 4.78 is 34.9. The number of unbranched alkanes of at least 4 members (excludes halogenated alkanes) is 14. The van der Waals surface area contributed by atoms with Gasteiger partial charge in [0.2, 0.25) is 5.91 Å². The van der Waals surface area contributed by atoms with Crippen LogP contribution in [0.2, 0.25) is 0 Å². The van der Waals surface area contributed by atoms with Crippen LogP contribution < -0.4 is 28.4 Å². The lowest BCUT2D eigenvalue weighted by atomic mass is 9.69. The molecule has 6 aromatic rings. The minimum absolute atomic E-state index is 0.0670. The minimum Gasteiger partial charge on any atom is -0.508 e. The second kappa shape index (κ2) is 50.0. The number of methoxy groups -OCH3 is 2. The lowest BCUT2D eigenvalue weighted by Crippen LogP contribution is -2.62. The maximum Gasteiger partial charge on any atom is 0.252 e. The van der Waals surface area contributed by atoms with Gasteiger partial charge >= 0.3 is 0 Å².